The van der Waals surface area contributed by atoms with Crippen molar-refractivity contribution in [2.45, 2.75) is 18.7 Å². The first kappa shape index (κ1) is 14.6. The lowest BCUT2D eigenvalue weighted by atomic mass is 10.1. The fraction of sp³-hybridized carbons (Fsp3) is 0.400. The number of aromatic nitrogens is 1. The van der Waals surface area contributed by atoms with Crippen molar-refractivity contribution < 1.29 is 18.3 Å². The Labute approximate surface area is 116 Å². The molecule has 1 heterocycles. The Bertz CT molecular complexity index is 429. The van der Waals surface area contributed by atoms with Gasteiger partial charge >= 0.3 is 5.97 Å². The SMILES string of the molecule is COC(=O)Cc1ncc(I)c(CCl)c1C(F)F. The fourth-order valence-corrected chi connectivity index (χ4v) is 2.46. The second kappa shape index (κ2) is 6.44. The molecule has 94 valence electrons. The van der Waals surface area contributed by atoms with Crippen LogP contribution in [0.2, 0.25) is 0 Å². The van der Waals surface area contributed by atoms with Gasteiger partial charge in [0.05, 0.1) is 19.2 Å². The average Bonchev–Trinajstić information content (AvgIpc) is 2.30. The van der Waals surface area contributed by atoms with E-state index in [1.54, 1.807) is 0 Å². The van der Waals surface area contributed by atoms with E-state index < -0.39 is 12.4 Å². The maximum absolute atomic E-state index is 13.0. The molecule has 0 fully saturated rings. The van der Waals surface area contributed by atoms with Crippen LogP contribution >= 0.6 is 34.2 Å². The van der Waals surface area contributed by atoms with Crippen LogP contribution in [0.15, 0.2) is 6.20 Å². The fourth-order valence-electron chi connectivity index (χ4n) is 1.33. The molecule has 3 nitrogen and oxygen atoms in total. The molecule has 0 amide bonds. The van der Waals surface area contributed by atoms with E-state index in [4.69, 9.17) is 11.6 Å². The summed E-state index contributed by atoms with van der Waals surface area (Å²) < 4.78 is 30.9. The van der Waals surface area contributed by atoms with E-state index >= 15 is 0 Å². The van der Waals surface area contributed by atoms with Crippen LogP contribution in [0.5, 0.6) is 0 Å². The number of rotatable bonds is 4. The number of alkyl halides is 3. The van der Waals surface area contributed by atoms with E-state index in [9.17, 15) is 13.6 Å². The molecule has 7 heteroatoms. The van der Waals surface area contributed by atoms with Crippen molar-refractivity contribution in [2.24, 2.45) is 0 Å². The molecular weight excluding hydrogens is 366 g/mol. The molecule has 0 N–H and O–H groups in total. The number of methoxy groups -OCH3 is 1. The highest BCUT2D eigenvalue weighted by molar-refractivity contribution is 14.1. The molecule has 1 aromatic rings. The molecule has 0 unspecified atom stereocenters. The topological polar surface area (TPSA) is 39.2 Å². The monoisotopic (exact) mass is 375 g/mol. The molecule has 1 rings (SSSR count). The summed E-state index contributed by atoms with van der Waals surface area (Å²) in [5, 5.41) is 0. The van der Waals surface area contributed by atoms with E-state index in [0.717, 1.165) is 0 Å². The molecule has 1 aromatic heterocycles. The van der Waals surface area contributed by atoms with Gasteiger partial charge in [-0.1, -0.05) is 0 Å². The van der Waals surface area contributed by atoms with E-state index in [1.807, 2.05) is 22.6 Å². The first-order chi connectivity index (χ1) is 8.01. The zero-order valence-electron chi connectivity index (χ0n) is 8.84. The number of hydrogen-bond donors (Lipinski definition) is 0. The van der Waals surface area contributed by atoms with Gasteiger partial charge < -0.3 is 4.74 Å². The highest BCUT2D eigenvalue weighted by Gasteiger charge is 2.22. The second-order valence-electron chi connectivity index (χ2n) is 3.13. The van der Waals surface area contributed by atoms with Crippen molar-refractivity contribution in [1.82, 2.24) is 4.98 Å². The molecular formula is C10H9ClF2INO2. The number of pyridine rings is 1. The van der Waals surface area contributed by atoms with Gasteiger partial charge in [-0.05, 0) is 28.2 Å². The Morgan fingerprint density at radius 2 is 2.29 bits per heavy atom. The number of nitrogens with zero attached hydrogens (tertiary/aromatic N) is 1. The van der Waals surface area contributed by atoms with Crippen LogP contribution in [0.1, 0.15) is 23.2 Å². The van der Waals surface area contributed by atoms with Crippen LogP contribution < -0.4 is 0 Å². The van der Waals surface area contributed by atoms with Gasteiger partial charge in [0.25, 0.3) is 6.43 Å². The summed E-state index contributed by atoms with van der Waals surface area (Å²) in [6.45, 7) is 0. The van der Waals surface area contributed by atoms with Crippen LogP contribution in [0, 0.1) is 3.57 Å². The molecule has 0 spiro atoms. The Hall–Kier alpha value is -0.500. The zero-order valence-corrected chi connectivity index (χ0v) is 11.8. The summed E-state index contributed by atoms with van der Waals surface area (Å²) in [5.74, 6) is -0.657. The summed E-state index contributed by atoms with van der Waals surface area (Å²) >= 11 is 7.52. The van der Waals surface area contributed by atoms with Crippen molar-refractivity contribution in [3.05, 3.63) is 26.6 Å². The largest absolute Gasteiger partial charge is 0.469 e. The van der Waals surface area contributed by atoms with Gasteiger partial charge in [0.2, 0.25) is 0 Å². The summed E-state index contributed by atoms with van der Waals surface area (Å²) in [4.78, 5) is 14.9. The van der Waals surface area contributed by atoms with Gasteiger partial charge in [0.1, 0.15) is 0 Å². The highest BCUT2D eigenvalue weighted by atomic mass is 127. The number of hydrogen-bond acceptors (Lipinski definition) is 3. The van der Waals surface area contributed by atoms with Gasteiger partial charge in [0.15, 0.2) is 0 Å². The number of ether oxygens (including phenoxy) is 1. The summed E-state index contributed by atoms with van der Waals surface area (Å²) in [5.41, 5.74) is 0.0661. The smallest absolute Gasteiger partial charge is 0.311 e. The Balaban J connectivity index is 3.25. The Kier molecular flexibility index (Phi) is 5.51. The van der Waals surface area contributed by atoms with E-state index in [2.05, 4.69) is 9.72 Å². The maximum atomic E-state index is 13.0. The highest BCUT2D eigenvalue weighted by Crippen LogP contribution is 2.30. The predicted molar refractivity (Wildman–Crippen MR) is 67.2 cm³/mol. The summed E-state index contributed by atoms with van der Waals surface area (Å²) in [7, 11) is 1.19. The number of carbonyl (C=O) groups excluding carboxylic acids is 1. The van der Waals surface area contributed by atoms with Gasteiger partial charge in [0, 0.05) is 21.2 Å². The van der Waals surface area contributed by atoms with Crippen molar-refractivity contribution in [1.29, 1.82) is 0 Å². The van der Waals surface area contributed by atoms with Gasteiger partial charge in [-0.15, -0.1) is 11.6 Å². The van der Waals surface area contributed by atoms with Crippen molar-refractivity contribution >= 4 is 40.2 Å². The second-order valence-corrected chi connectivity index (χ2v) is 4.56. The molecule has 17 heavy (non-hydrogen) atoms. The minimum absolute atomic E-state index is 0.0166. The normalized spacial score (nSPS) is 10.7. The molecule has 0 aliphatic heterocycles. The first-order valence-corrected chi connectivity index (χ1v) is 6.19. The lowest BCUT2D eigenvalue weighted by Gasteiger charge is -2.12. The predicted octanol–water partition coefficient (Wildman–Crippen LogP) is 3.08. The van der Waals surface area contributed by atoms with E-state index in [-0.39, 0.29) is 23.6 Å². The lowest BCUT2D eigenvalue weighted by molar-refractivity contribution is -0.139. The minimum atomic E-state index is -2.72. The van der Waals surface area contributed by atoms with Crippen LogP contribution in [0.25, 0.3) is 0 Å². The van der Waals surface area contributed by atoms with Gasteiger partial charge in [-0.3, -0.25) is 9.78 Å². The molecule has 0 atom stereocenters. The number of carbonyl (C=O) groups is 1. The van der Waals surface area contributed by atoms with Crippen molar-refractivity contribution in [3.8, 4) is 0 Å². The molecule has 0 aromatic carbocycles. The van der Waals surface area contributed by atoms with Crippen LogP contribution in [0.4, 0.5) is 8.78 Å². The third-order valence-electron chi connectivity index (χ3n) is 2.15. The zero-order chi connectivity index (χ0) is 13.0. The lowest BCUT2D eigenvalue weighted by Crippen LogP contribution is -2.11. The molecule has 0 aliphatic rings. The quantitative estimate of drug-likeness (QED) is 0.461. The number of esters is 1. The molecule has 0 bridgehead atoms. The van der Waals surface area contributed by atoms with E-state index in [1.165, 1.54) is 13.3 Å². The Morgan fingerprint density at radius 3 is 2.76 bits per heavy atom. The molecule has 0 aliphatic carbocycles. The molecule has 0 radical (unpaired) electrons. The first-order valence-electron chi connectivity index (χ1n) is 4.58. The van der Waals surface area contributed by atoms with Crippen LogP contribution in [-0.4, -0.2) is 18.1 Å². The maximum Gasteiger partial charge on any atom is 0.311 e. The Morgan fingerprint density at radius 1 is 1.65 bits per heavy atom. The molecule has 0 saturated carbocycles. The van der Waals surface area contributed by atoms with Crippen LogP contribution in [0.3, 0.4) is 0 Å². The summed E-state index contributed by atoms with van der Waals surface area (Å²) in [6, 6.07) is 0. The third kappa shape index (κ3) is 3.48. The summed E-state index contributed by atoms with van der Waals surface area (Å²) in [6.07, 6.45) is -1.58. The average molecular weight is 376 g/mol. The van der Waals surface area contributed by atoms with Crippen molar-refractivity contribution in [3.63, 3.8) is 0 Å². The standard InChI is InChI=1S/C10H9ClF2INO2/c1-17-8(16)2-7-9(10(12)13)5(3-11)6(14)4-15-7/h4,10H,2-3H2,1H3. The third-order valence-corrected chi connectivity index (χ3v) is 3.35. The number of halogens is 4. The van der Waals surface area contributed by atoms with Crippen LogP contribution in [-0.2, 0) is 21.8 Å². The van der Waals surface area contributed by atoms with Gasteiger partial charge in [-0.25, -0.2) is 8.78 Å². The van der Waals surface area contributed by atoms with Crippen molar-refractivity contribution in [2.75, 3.05) is 7.11 Å². The molecule has 0 saturated heterocycles. The van der Waals surface area contributed by atoms with Gasteiger partial charge in [-0.2, -0.15) is 0 Å². The van der Waals surface area contributed by atoms with E-state index in [0.29, 0.717) is 9.13 Å². The minimum Gasteiger partial charge on any atom is -0.469 e.